The number of nitrogens with one attached hydrogen (secondary N) is 1. The van der Waals surface area contributed by atoms with Gasteiger partial charge in [0.15, 0.2) is 5.82 Å². The van der Waals surface area contributed by atoms with Gasteiger partial charge in [0.2, 0.25) is 0 Å². The van der Waals surface area contributed by atoms with Gasteiger partial charge in [0.1, 0.15) is 11.4 Å². The molecule has 0 saturated heterocycles. The number of hydrogen-bond donors (Lipinski definition) is 1. The van der Waals surface area contributed by atoms with Crippen molar-refractivity contribution in [3.05, 3.63) is 66.4 Å². The zero-order chi connectivity index (χ0) is 19.3. The minimum absolute atomic E-state index is 0.195. The fourth-order valence-corrected chi connectivity index (χ4v) is 3.00. The Labute approximate surface area is 162 Å². The van der Waals surface area contributed by atoms with Crippen molar-refractivity contribution in [3.63, 3.8) is 0 Å². The predicted molar refractivity (Wildman–Crippen MR) is 103 cm³/mol. The number of amides is 1. The lowest BCUT2D eigenvalue weighted by Gasteiger charge is -2.11. The summed E-state index contributed by atoms with van der Waals surface area (Å²) in [6.45, 7) is 2.02. The molecule has 0 unspecified atom stereocenters. The molecular formula is C21H23FN4O2. The van der Waals surface area contributed by atoms with Crippen molar-refractivity contribution in [1.29, 1.82) is 0 Å². The summed E-state index contributed by atoms with van der Waals surface area (Å²) >= 11 is 0. The predicted octanol–water partition coefficient (Wildman–Crippen LogP) is 3.35. The highest BCUT2D eigenvalue weighted by molar-refractivity contribution is 5.97. The molecule has 1 amide bonds. The Balaban J connectivity index is 1.46. The Hall–Kier alpha value is -2.93. The molecule has 7 heteroatoms. The highest BCUT2D eigenvalue weighted by atomic mass is 19.1. The van der Waals surface area contributed by atoms with Crippen molar-refractivity contribution < 1.29 is 13.9 Å². The molecule has 3 aromatic rings. The maximum Gasteiger partial charge on any atom is 0.256 e. The molecule has 2 heterocycles. The molecule has 1 aliphatic carbocycles. The number of benzene rings is 1. The largest absolute Gasteiger partial charge is 0.381 e. The number of aromatic nitrogens is 3. The van der Waals surface area contributed by atoms with Crippen LogP contribution in [0, 0.1) is 11.7 Å². The third-order valence-corrected chi connectivity index (χ3v) is 4.71. The molecule has 28 heavy (non-hydrogen) atoms. The highest BCUT2D eigenvalue weighted by Crippen LogP contribution is 2.28. The molecule has 1 saturated carbocycles. The number of nitrogens with zero attached hydrogens (tertiary/aromatic N) is 3. The number of rotatable bonds is 9. The average molecular weight is 382 g/mol. The molecule has 0 atom stereocenters. The fraction of sp³-hybridized carbons (Fsp3) is 0.333. The van der Waals surface area contributed by atoms with Gasteiger partial charge in [0, 0.05) is 32.2 Å². The third-order valence-electron chi connectivity index (χ3n) is 4.71. The van der Waals surface area contributed by atoms with Crippen molar-refractivity contribution in [2.45, 2.75) is 19.3 Å². The molecular weight excluding hydrogens is 359 g/mol. The number of carbonyl (C=O) groups excluding carboxylic acids is 1. The molecule has 1 N–H and O–H groups in total. The quantitative estimate of drug-likeness (QED) is 0.578. The van der Waals surface area contributed by atoms with E-state index < -0.39 is 0 Å². The Morgan fingerprint density at radius 3 is 2.68 bits per heavy atom. The second kappa shape index (κ2) is 8.39. The lowest BCUT2D eigenvalue weighted by Crippen LogP contribution is -2.26. The van der Waals surface area contributed by atoms with Crippen molar-refractivity contribution in [1.82, 2.24) is 19.7 Å². The van der Waals surface area contributed by atoms with Gasteiger partial charge >= 0.3 is 0 Å². The smallest absolute Gasteiger partial charge is 0.256 e. The second-order valence-electron chi connectivity index (χ2n) is 6.99. The van der Waals surface area contributed by atoms with E-state index in [0.29, 0.717) is 30.2 Å². The van der Waals surface area contributed by atoms with Crippen LogP contribution in [0.4, 0.5) is 4.39 Å². The second-order valence-corrected chi connectivity index (χ2v) is 6.99. The SMILES string of the molecule is O=C(NCCCOCC1CC1)c1cnn(-c2ccc(F)cc2)c1-n1cccc1. The summed E-state index contributed by atoms with van der Waals surface area (Å²) in [6.07, 6.45) is 8.55. The first kappa shape index (κ1) is 18.4. The van der Waals surface area contributed by atoms with Crippen LogP contribution in [-0.4, -0.2) is 40.0 Å². The van der Waals surface area contributed by atoms with Crippen molar-refractivity contribution in [2.75, 3.05) is 19.8 Å². The summed E-state index contributed by atoms with van der Waals surface area (Å²) in [7, 11) is 0. The van der Waals surface area contributed by atoms with Crippen LogP contribution in [0.3, 0.4) is 0 Å². The van der Waals surface area contributed by atoms with Crippen LogP contribution >= 0.6 is 0 Å². The first-order valence-electron chi connectivity index (χ1n) is 9.55. The summed E-state index contributed by atoms with van der Waals surface area (Å²) < 4.78 is 22.3. The highest BCUT2D eigenvalue weighted by Gasteiger charge is 2.21. The van der Waals surface area contributed by atoms with Gasteiger partial charge in [-0.15, -0.1) is 0 Å². The first-order valence-corrected chi connectivity index (χ1v) is 9.55. The molecule has 0 bridgehead atoms. The van der Waals surface area contributed by atoms with Crippen LogP contribution in [0.25, 0.3) is 11.5 Å². The standard InChI is InChI=1S/C21H23FN4O2/c22-17-6-8-18(9-7-17)26-21(25-11-1-2-12-25)19(14-24-26)20(27)23-10-3-13-28-15-16-4-5-16/h1-2,6-9,11-12,14,16H,3-5,10,13,15H2,(H,23,27). The maximum absolute atomic E-state index is 13.3. The van der Waals surface area contributed by atoms with E-state index in [9.17, 15) is 9.18 Å². The van der Waals surface area contributed by atoms with Gasteiger partial charge < -0.3 is 14.6 Å². The fourth-order valence-electron chi connectivity index (χ4n) is 3.00. The number of hydrogen-bond acceptors (Lipinski definition) is 3. The molecule has 1 aromatic carbocycles. The topological polar surface area (TPSA) is 61.1 Å². The van der Waals surface area contributed by atoms with Crippen molar-refractivity contribution in [2.24, 2.45) is 5.92 Å². The normalized spacial score (nSPS) is 13.6. The molecule has 4 rings (SSSR count). The summed E-state index contributed by atoms with van der Waals surface area (Å²) in [4.78, 5) is 12.7. The maximum atomic E-state index is 13.3. The van der Waals surface area contributed by atoms with Gasteiger partial charge in [0.05, 0.1) is 11.9 Å². The van der Waals surface area contributed by atoms with E-state index in [1.54, 1.807) is 16.8 Å². The first-order chi connectivity index (χ1) is 13.7. The average Bonchev–Trinajstić information content (AvgIpc) is 3.18. The molecule has 0 spiro atoms. The van der Waals surface area contributed by atoms with E-state index in [4.69, 9.17) is 4.74 Å². The minimum Gasteiger partial charge on any atom is -0.381 e. The lowest BCUT2D eigenvalue weighted by atomic mass is 10.2. The van der Waals surface area contributed by atoms with Gasteiger partial charge in [-0.1, -0.05) is 0 Å². The number of ether oxygens (including phenoxy) is 1. The van der Waals surface area contributed by atoms with Crippen LogP contribution in [0.5, 0.6) is 0 Å². The molecule has 0 radical (unpaired) electrons. The Kier molecular flexibility index (Phi) is 5.53. The van der Waals surface area contributed by atoms with Crippen LogP contribution in [0.15, 0.2) is 55.0 Å². The lowest BCUT2D eigenvalue weighted by molar-refractivity contribution is 0.0937. The van der Waals surface area contributed by atoms with E-state index in [2.05, 4.69) is 10.4 Å². The van der Waals surface area contributed by atoms with Crippen LogP contribution in [0.1, 0.15) is 29.6 Å². The van der Waals surface area contributed by atoms with Crippen LogP contribution in [0.2, 0.25) is 0 Å². The Bertz CT molecular complexity index is 915. The molecule has 1 aliphatic rings. The van der Waals surface area contributed by atoms with E-state index in [1.165, 1.54) is 31.2 Å². The minimum atomic E-state index is -0.319. The summed E-state index contributed by atoms with van der Waals surface area (Å²) in [5.74, 6) is 0.842. The zero-order valence-corrected chi connectivity index (χ0v) is 15.6. The third kappa shape index (κ3) is 4.31. The van der Waals surface area contributed by atoms with E-state index in [0.717, 1.165) is 18.9 Å². The number of halogens is 1. The summed E-state index contributed by atoms with van der Waals surface area (Å²) in [6, 6.07) is 9.76. The molecule has 146 valence electrons. The van der Waals surface area contributed by atoms with E-state index in [-0.39, 0.29) is 11.7 Å². The zero-order valence-electron chi connectivity index (χ0n) is 15.6. The monoisotopic (exact) mass is 382 g/mol. The van der Waals surface area contributed by atoms with Gasteiger partial charge in [0.25, 0.3) is 5.91 Å². The Morgan fingerprint density at radius 1 is 1.21 bits per heavy atom. The molecule has 6 nitrogen and oxygen atoms in total. The Morgan fingerprint density at radius 2 is 1.96 bits per heavy atom. The summed E-state index contributed by atoms with van der Waals surface area (Å²) in [5, 5.41) is 7.30. The molecule has 1 fully saturated rings. The van der Waals surface area contributed by atoms with Crippen LogP contribution < -0.4 is 5.32 Å². The van der Waals surface area contributed by atoms with E-state index >= 15 is 0 Å². The summed E-state index contributed by atoms with van der Waals surface area (Å²) in [5.41, 5.74) is 1.14. The molecule has 0 aliphatic heterocycles. The van der Waals surface area contributed by atoms with Crippen molar-refractivity contribution >= 4 is 5.91 Å². The van der Waals surface area contributed by atoms with Gasteiger partial charge in [-0.2, -0.15) is 5.10 Å². The van der Waals surface area contributed by atoms with Gasteiger partial charge in [-0.05, 0) is 61.6 Å². The van der Waals surface area contributed by atoms with Crippen LogP contribution in [-0.2, 0) is 4.74 Å². The molecule has 2 aromatic heterocycles. The van der Waals surface area contributed by atoms with Gasteiger partial charge in [-0.25, -0.2) is 9.07 Å². The number of carbonyl (C=O) groups is 1. The van der Waals surface area contributed by atoms with E-state index in [1.807, 2.05) is 29.1 Å². The van der Waals surface area contributed by atoms with Gasteiger partial charge in [-0.3, -0.25) is 4.79 Å². The van der Waals surface area contributed by atoms with Crippen molar-refractivity contribution in [3.8, 4) is 11.5 Å².